The van der Waals surface area contributed by atoms with Crippen LogP contribution in [0, 0.1) is 0 Å². The second-order valence-electron chi connectivity index (χ2n) is 5.99. The zero-order chi connectivity index (χ0) is 24.1. The van der Waals surface area contributed by atoms with E-state index in [-0.39, 0.29) is 12.0 Å². The SMILES string of the molecule is CC(=O)OCC(=O)OCC(=O)OCC(=O)OCC(=O)OCC(=O)OC1C=C(C(=O)O)CC1. The summed E-state index contributed by atoms with van der Waals surface area (Å²) in [4.78, 5) is 78.1. The molecule has 0 heterocycles. The zero-order valence-corrected chi connectivity index (χ0v) is 16.9. The Morgan fingerprint density at radius 1 is 0.750 bits per heavy atom. The van der Waals surface area contributed by atoms with E-state index in [1.807, 2.05) is 0 Å². The van der Waals surface area contributed by atoms with Crippen molar-refractivity contribution in [1.82, 2.24) is 0 Å². The molecule has 1 rings (SSSR count). The minimum Gasteiger partial charge on any atom is -0.478 e. The van der Waals surface area contributed by atoms with Crippen LogP contribution in [0.1, 0.15) is 19.8 Å². The highest BCUT2D eigenvalue weighted by molar-refractivity contribution is 5.87. The molecule has 0 bridgehead atoms. The first kappa shape index (κ1) is 26.1. The van der Waals surface area contributed by atoms with Crippen LogP contribution < -0.4 is 0 Å². The van der Waals surface area contributed by atoms with Gasteiger partial charge in [0.2, 0.25) is 0 Å². The average molecular weight is 460 g/mol. The highest BCUT2D eigenvalue weighted by Crippen LogP contribution is 2.21. The van der Waals surface area contributed by atoms with Crippen molar-refractivity contribution in [2.45, 2.75) is 25.9 Å². The van der Waals surface area contributed by atoms with Crippen molar-refractivity contribution in [3.8, 4) is 0 Å². The number of esters is 6. The van der Waals surface area contributed by atoms with Gasteiger partial charge in [0, 0.05) is 12.5 Å². The molecule has 14 heteroatoms. The Balaban J connectivity index is 2.14. The largest absolute Gasteiger partial charge is 0.478 e. The standard InChI is InChI=1S/C18H20O14/c1-10(19)27-5-13(20)28-6-14(21)29-7-15(22)30-8-16(23)31-9-17(24)32-12-3-2-11(4-12)18(25)26/h4,12H,2-3,5-9H2,1H3,(H,25,26). The average Bonchev–Trinajstić information content (AvgIpc) is 3.20. The summed E-state index contributed by atoms with van der Waals surface area (Å²) in [5.74, 6) is -7.07. The normalized spacial score (nSPS) is 14.4. The molecule has 1 unspecified atom stereocenters. The Morgan fingerprint density at radius 2 is 1.16 bits per heavy atom. The molecule has 0 amide bonds. The van der Waals surface area contributed by atoms with Crippen molar-refractivity contribution in [3.05, 3.63) is 11.6 Å². The van der Waals surface area contributed by atoms with Crippen molar-refractivity contribution in [1.29, 1.82) is 0 Å². The minimum absolute atomic E-state index is 0.118. The first-order valence-electron chi connectivity index (χ1n) is 8.96. The summed E-state index contributed by atoms with van der Waals surface area (Å²) in [6.45, 7) is -3.02. The van der Waals surface area contributed by atoms with Crippen molar-refractivity contribution in [3.63, 3.8) is 0 Å². The molecule has 0 spiro atoms. The fraction of sp³-hybridized carbons (Fsp3) is 0.500. The molecule has 0 saturated carbocycles. The maximum absolute atomic E-state index is 11.6. The van der Waals surface area contributed by atoms with Gasteiger partial charge in [-0.2, -0.15) is 0 Å². The number of carbonyl (C=O) groups is 7. The van der Waals surface area contributed by atoms with E-state index in [2.05, 4.69) is 23.7 Å². The lowest BCUT2D eigenvalue weighted by Gasteiger charge is -2.10. The fourth-order valence-corrected chi connectivity index (χ4v) is 2.05. The molecule has 1 N–H and O–H groups in total. The second kappa shape index (κ2) is 13.4. The first-order valence-corrected chi connectivity index (χ1v) is 8.96. The molecule has 1 aliphatic carbocycles. The second-order valence-corrected chi connectivity index (χ2v) is 5.99. The van der Waals surface area contributed by atoms with E-state index in [1.165, 1.54) is 6.08 Å². The van der Waals surface area contributed by atoms with Gasteiger partial charge < -0.3 is 33.5 Å². The summed E-state index contributed by atoms with van der Waals surface area (Å²) in [6, 6.07) is 0. The molecule has 0 radical (unpaired) electrons. The number of hydrogen-bond acceptors (Lipinski definition) is 13. The quantitative estimate of drug-likeness (QED) is 0.259. The van der Waals surface area contributed by atoms with E-state index in [0.717, 1.165) is 6.92 Å². The van der Waals surface area contributed by atoms with Crippen LogP contribution in [-0.2, 0) is 62.0 Å². The van der Waals surface area contributed by atoms with Crippen molar-refractivity contribution in [2.75, 3.05) is 33.0 Å². The van der Waals surface area contributed by atoms with Crippen LogP contribution in [0.3, 0.4) is 0 Å². The fourth-order valence-electron chi connectivity index (χ4n) is 2.05. The van der Waals surface area contributed by atoms with Gasteiger partial charge in [0.05, 0.1) is 0 Å². The molecule has 1 aliphatic rings. The van der Waals surface area contributed by atoms with Gasteiger partial charge in [-0.3, -0.25) is 4.79 Å². The van der Waals surface area contributed by atoms with Gasteiger partial charge in [-0.05, 0) is 18.9 Å². The molecular weight excluding hydrogens is 440 g/mol. The predicted molar refractivity (Wildman–Crippen MR) is 95.3 cm³/mol. The minimum atomic E-state index is -1.12. The van der Waals surface area contributed by atoms with Gasteiger partial charge in [-0.1, -0.05) is 0 Å². The summed E-state index contributed by atoms with van der Waals surface area (Å²) in [5, 5.41) is 8.82. The lowest BCUT2D eigenvalue weighted by molar-refractivity contribution is -0.171. The lowest BCUT2D eigenvalue weighted by atomic mass is 10.2. The Hall–Kier alpha value is -3.97. The van der Waals surface area contributed by atoms with E-state index < -0.39 is 80.9 Å². The zero-order valence-electron chi connectivity index (χ0n) is 16.9. The Morgan fingerprint density at radius 3 is 1.53 bits per heavy atom. The topological polar surface area (TPSA) is 195 Å². The van der Waals surface area contributed by atoms with Crippen LogP contribution in [0.15, 0.2) is 11.6 Å². The third-order valence-corrected chi connectivity index (χ3v) is 3.44. The number of carboxylic acid groups (broad SMARTS) is 1. The maximum Gasteiger partial charge on any atom is 0.344 e. The maximum atomic E-state index is 11.6. The van der Waals surface area contributed by atoms with Crippen molar-refractivity contribution >= 4 is 41.8 Å². The van der Waals surface area contributed by atoms with Crippen LogP contribution in [-0.4, -0.2) is 86.0 Å². The van der Waals surface area contributed by atoms with E-state index in [0.29, 0.717) is 6.42 Å². The van der Waals surface area contributed by atoms with Gasteiger partial charge in [0.1, 0.15) is 6.10 Å². The van der Waals surface area contributed by atoms with Gasteiger partial charge >= 0.3 is 41.8 Å². The van der Waals surface area contributed by atoms with Crippen LogP contribution >= 0.6 is 0 Å². The number of rotatable bonds is 12. The van der Waals surface area contributed by atoms with Gasteiger partial charge in [0.15, 0.2) is 33.0 Å². The molecule has 0 aromatic heterocycles. The number of hydrogen-bond donors (Lipinski definition) is 1. The molecule has 0 fully saturated rings. The van der Waals surface area contributed by atoms with Crippen LogP contribution in [0.2, 0.25) is 0 Å². The summed E-state index contributed by atoms with van der Waals surface area (Å²) in [6.07, 6.45) is 1.08. The van der Waals surface area contributed by atoms with Gasteiger partial charge in [-0.15, -0.1) is 0 Å². The predicted octanol–water partition coefficient (Wildman–Crippen LogP) is -1.56. The monoisotopic (exact) mass is 460 g/mol. The number of carboxylic acids is 1. The van der Waals surface area contributed by atoms with Crippen LogP contribution in [0.25, 0.3) is 0 Å². The molecule has 176 valence electrons. The number of ether oxygens (including phenoxy) is 6. The highest BCUT2D eigenvalue weighted by Gasteiger charge is 2.23. The molecule has 32 heavy (non-hydrogen) atoms. The van der Waals surface area contributed by atoms with Crippen molar-refractivity contribution in [2.24, 2.45) is 0 Å². The van der Waals surface area contributed by atoms with E-state index in [1.54, 1.807) is 0 Å². The first-order chi connectivity index (χ1) is 15.1. The van der Waals surface area contributed by atoms with E-state index in [4.69, 9.17) is 9.84 Å². The summed E-state index contributed by atoms with van der Waals surface area (Å²) >= 11 is 0. The molecule has 0 saturated heterocycles. The Labute approximate surface area is 180 Å². The van der Waals surface area contributed by atoms with Gasteiger partial charge in [0.25, 0.3) is 0 Å². The molecule has 14 nitrogen and oxygen atoms in total. The third kappa shape index (κ3) is 11.3. The molecule has 0 aromatic rings. The Bertz CT molecular complexity index is 795. The van der Waals surface area contributed by atoms with Crippen LogP contribution in [0.5, 0.6) is 0 Å². The lowest BCUT2D eigenvalue weighted by Crippen LogP contribution is -2.26. The number of aliphatic carboxylic acids is 1. The van der Waals surface area contributed by atoms with Crippen molar-refractivity contribution < 1.29 is 67.1 Å². The van der Waals surface area contributed by atoms with Gasteiger partial charge in [-0.25, -0.2) is 28.8 Å². The summed E-state index contributed by atoms with van der Waals surface area (Å²) in [7, 11) is 0. The Kier molecular flexibility index (Phi) is 10.9. The van der Waals surface area contributed by atoms with Crippen LogP contribution in [0.4, 0.5) is 0 Å². The summed E-state index contributed by atoms with van der Waals surface area (Å²) in [5.41, 5.74) is 0.118. The molecule has 0 aromatic carbocycles. The third-order valence-electron chi connectivity index (χ3n) is 3.44. The molecule has 1 atom stereocenters. The highest BCUT2D eigenvalue weighted by atomic mass is 16.6. The van der Waals surface area contributed by atoms with E-state index >= 15 is 0 Å². The number of carbonyl (C=O) groups excluding carboxylic acids is 6. The summed E-state index contributed by atoms with van der Waals surface area (Å²) < 4.78 is 27.1. The molecular formula is C18H20O14. The van der Waals surface area contributed by atoms with E-state index in [9.17, 15) is 33.6 Å². The smallest absolute Gasteiger partial charge is 0.344 e. The molecule has 0 aliphatic heterocycles.